The van der Waals surface area contributed by atoms with Crippen molar-refractivity contribution in [2.45, 2.75) is 52.8 Å². The molecule has 0 aliphatic rings. The smallest absolute Gasteiger partial charge is 0.0667 e. The maximum absolute atomic E-state index is 9.75. The molecule has 1 aromatic rings. The molecule has 3 nitrogen and oxygen atoms in total. The van der Waals surface area contributed by atoms with Crippen LogP contribution in [0.25, 0.3) is 0 Å². The van der Waals surface area contributed by atoms with Gasteiger partial charge in [0.1, 0.15) is 0 Å². The molecule has 0 amide bonds. The van der Waals surface area contributed by atoms with Crippen molar-refractivity contribution in [2.75, 3.05) is 6.54 Å². The maximum Gasteiger partial charge on any atom is 0.0667 e. The first-order valence-electron chi connectivity index (χ1n) is 6.66. The van der Waals surface area contributed by atoms with Gasteiger partial charge in [-0.2, -0.15) is 0 Å². The molecule has 98 valence electrons. The van der Waals surface area contributed by atoms with E-state index in [0.29, 0.717) is 12.5 Å². The molecule has 17 heavy (non-hydrogen) atoms. The molecule has 2 N–H and O–H groups in total. The molecule has 1 rings (SSSR count). The highest BCUT2D eigenvalue weighted by atomic mass is 16.3. The number of nitrogens with one attached hydrogen (secondary N) is 1. The Morgan fingerprint density at radius 2 is 2.18 bits per heavy atom. The third kappa shape index (κ3) is 5.37. The van der Waals surface area contributed by atoms with Crippen molar-refractivity contribution in [1.29, 1.82) is 0 Å². The van der Waals surface area contributed by atoms with Gasteiger partial charge in [-0.3, -0.25) is 0 Å². The highest BCUT2D eigenvalue weighted by Gasteiger charge is 2.06. The second-order valence-corrected chi connectivity index (χ2v) is 5.11. The Morgan fingerprint density at radius 1 is 1.41 bits per heavy atom. The molecule has 1 aromatic heterocycles. The fourth-order valence-electron chi connectivity index (χ4n) is 2.06. The summed E-state index contributed by atoms with van der Waals surface area (Å²) in [5.74, 6) is 0.552. The number of rotatable bonds is 8. The van der Waals surface area contributed by atoms with Gasteiger partial charge >= 0.3 is 0 Å². The van der Waals surface area contributed by atoms with Crippen LogP contribution >= 0.6 is 0 Å². The molecule has 0 aromatic carbocycles. The van der Waals surface area contributed by atoms with Crippen LogP contribution in [0.5, 0.6) is 0 Å². The zero-order valence-corrected chi connectivity index (χ0v) is 11.3. The van der Waals surface area contributed by atoms with Crippen LogP contribution in [0, 0.1) is 5.92 Å². The van der Waals surface area contributed by atoms with Crippen LogP contribution in [0.4, 0.5) is 0 Å². The van der Waals surface area contributed by atoms with E-state index in [9.17, 15) is 5.11 Å². The van der Waals surface area contributed by atoms with Gasteiger partial charge in [-0.1, -0.05) is 20.8 Å². The third-order valence-corrected chi connectivity index (χ3v) is 2.82. The van der Waals surface area contributed by atoms with Crippen molar-refractivity contribution in [3.05, 3.63) is 24.0 Å². The predicted molar refractivity (Wildman–Crippen MR) is 71.9 cm³/mol. The molecule has 0 aliphatic carbocycles. The number of nitrogens with zero attached hydrogens (tertiary/aromatic N) is 1. The maximum atomic E-state index is 9.75. The van der Waals surface area contributed by atoms with Gasteiger partial charge in [0.15, 0.2) is 0 Å². The summed E-state index contributed by atoms with van der Waals surface area (Å²) in [6, 6.07) is 4.22. The number of aryl methyl sites for hydroxylation is 1. The van der Waals surface area contributed by atoms with Crippen LogP contribution in [0.2, 0.25) is 0 Å². The van der Waals surface area contributed by atoms with E-state index in [1.807, 2.05) is 0 Å². The van der Waals surface area contributed by atoms with Gasteiger partial charge in [0.2, 0.25) is 0 Å². The van der Waals surface area contributed by atoms with Gasteiger partial charge < -0.3 is 15.0 Å². The number of aliphatic hydroxyl groups excluding tert-OH is 1. The Balaban J connectivity index is 2.28. The monoisotopic (exact) mass is 238 g/mol. The van der Waals surface area contributed by atoms with Crippen LogP contribution in [-0.2, 0) is 13.1 Å². The van der Waals surface area contributed by atoms with Crippen molar-refractivity contribution in [3.63, 3.8) is 0 Å². The van der Waals surface area contributed by atoms with Gasteiger partial charge in [-0.05, 0) is 30.9 Å². The molecule has 3 heteroatoms. The highest BCUT2D eigenvalue weighted by molar-refractivity contribution is 5.06. The van der Waals surface area contributed by atoms with Crippen LogP contribution in [0.15, 0.2) is 18.3 Å². The molecule has 0 aliphatic heterocycles. The zero-order chi connectivity index (χ0) is 12.7. The Hall–Kier alpha value is -0.800. The minimum Gasteiger partial charge on any atom is -0.392 e. The first kappa shape index (κ1) is 14.3. The molecule has 0 fully saturated rings. The summed E-state index contributed by atoms with van der Waals surface area (Å²) in [5, 5.41) is 13.1. The second kappa shape index (κ2) is 7.51. The topological polar surface area (TPSA) is 37.2 Å². The normalized spacial score (nSPS) is 13.2. The summed E-state index contributed by atoms with van der Waals surface area (Å²) in [6.45, 7) is 9.03. The standard InChI is InChI=1S/C14H26N2O/c1-4-7-16-8-5-6-13(16)10-15-11-14(17)9-12(2)3/h5-6,8,12,14-15,17H,4,7,9-11H2,1-3H3. The molecule has 0 saturated carbocycles. The van der Waals surface area contributed by atoms with Crippen molar-refractivity contribution >= 4 is 0 Å². The minimum absolute atomic E-state index is 0.232. The molecule has 0 spiro atoms. The summed E-state index contributed by atoms with van der Waals surface area (Å²) in [7, 11) is 0. The lowest BCUT2D eigenvalue weighted by atomic mass is 10.1. The summed E-state index contributed by atoms with van der Waals surface area (Å²) >= 11 is 0. The lowest BCUT2D eigenvalue weighted by Crippen LogP contribution is -2.28. The van der Waals surface area contributed by atoms with E-state index in [1.165, 1.54) is 5.69 Å². The molecule has 0 radical (unpaired) electrons. The average Bonchev–Trinajstić information content (AvgIpc) is 2.65. The van der Waals surface area contributed by atoms with Gasteiger partial charge in [0.05, 0.1) is 6.10 Å². The van der Waals surface area contributed by atoms with Crippen molar-refractivity contribution in [2.24, 2.45) is 5.92 Å². The van der Waals surface area contributed by atoms with Gasteiger partial charge in [-0.15, -0.1) is 0 Å². The highest BCUT2D eigenvalue weighted by Crippen LogP contribution is 2.05. The van der Waals surface area contributed by atoms with E-state index in [1.54, 1.807) is 0 Å². The molecule has 1 atom stereocenters. The molecule has 0 saturated heterocycles. The quantitative estimate of drug-likeness (QED) is 0.729. The summed E-state index contributed by atoms with van der Waals surface area (Å²) in [4.78, 5) is 0. The van der Waals surface area contributed by atoms with Crippen molar-refractivity contribution < 1.29 is 5.11 Å². The number of aromatic nitrogens is 1. The van der Waals surface area contributed by atoms with Crippen LogP contribution in [-0.4, -0.2) is 22.3 Å². The van der Waals surface area contributed by atoms with E-state index in [0.717, 1.165) is 25.9 Å². The lowest BCUT2D eigenvalue weighted by molar-refractivity contribution is 0.146. The lowest BCUT2D eigenvalue weighted by Gasteiger charge is -2.14. The third-order valence-electron chi connectivity index (χ3n) is 2.82. The van der Waals surface area contributed by atoms with E-state index >= 15 is 0 Å². The van der Waals surface area contributed by atoms with E-state index < -0.39 is 0 Å². The summed E-state index contributed by atoms with van der Waals surface area (Å²) in [5.41, 5.74) is 1.29. The fraction of sp³-hybridized carbons (Fsp3) is 0.714. The first-order valence-corrected chi connectivity index (χ1v) is 6.66. The van der Waals surface area contributed by atoms with Gasteiger partial charge in [0, 0.05) is 31.5 Å². The number of hydrogen-bond acceptors (Lipinski definition) is 2. The zero-order valence-electron chi connectivity index (χ0n) is 11.3. The number of aliphatic hydroxyl groups is 1. The minimum atomic E-state index is -0.232. The molecular weight excluding hydrogens is 212 g/mol. The molecule has 0 bridgehead atoms. The van der Waals surface area contributed by atoms with Crippen molar-refractivity contribution in [3.8, 4) is 0 Å². The Morgan fingerprint density at radius 3 is 2.82 bits per heavy atom. The van der Waals surface area contributed by atoms with Crippen LogP contribution in [0.1, 0.15) is 39.3 Å². The van der Waals surface area contributed by atoms with E-state index in [2.05, 4.69) is 49.0 Å². The van der Waals surface area contributed by atoms with Crippen LogP contribution < -0.4 is 5.32 Å². The molecule has 1 heterocycles. The predicted octanol–water partition coefficient (Wildman–Crippen LogP) is 2.39. The number of hydrogen-bond donors (Lipinski definition) is 2. The Bertz CT molecular complexity index is 307. The first-order chi connectivity index (χ1) is 8.13. The van der Waals surface area contributed by atoms with E-state index in [4.69, 9.17) is 0 Å². The van der Waals surface area contributed by atoms with Crippen LogP contribution in [0.3, 0.4) is 0 Å². The largest absolute Gasteiger partial charge is 0.392 e. The second-order valence-electron chi connectivity index (χ2n) is 5.11. The fourth-order valence-corrected chi connectivity index (χ4v) is 2.06. The molecule has 1 unspecified atom stereocenters. The summed E-state index contributed by atoms with van der Waals surface area (Å²) < 4.78 is 2.27. The Kier molecular flexibility index (Phi) is 6.30. The van der Waals surface area contributed by atoms with E-state index in [-0.39, 0.29) is 6.10 Å². The SMILES string of the molecule is CCCn1cccc1CNCC(O)CC(C)C. The Labute approximate surface area is 105 Å². The van der Waals surface area contributed by atoms with Gasteiger partial charge in [-0.25, -0.2) is 0 Å². The average molecular weight is 238 g/mol. The summed E-state index contributed by atoms with van der Waals surface area (Å²) in [6.07, 6.45) is 3.90. The molecular formula is C14H26N2O. The van der Waals surface area contributed by atoms with Gasteiger partial charge in [0.25, 0.3) is 0 Å². The van der Waals surface area contributed by atoms with Crippen molar-refractivity contribution in [1.82, 2.24) is 9.88 Å².